The SMILES string of the molecule is Cc1cc(Oc2ccc(Cl)cc2C)c(CO)cn1. The normalized spacial score (nSPS) is 10.4. The molecule has 4 heteroatoms. The van der Waals surface area contributed by atoms with Gasteiger partial charge in [-0.3, -0.25) is 4.98 Å². The molecular weight excluding hydrogens is 250 g/mol. The molecule has 1 N–H and O–H groups in total. The van der Waals surface area contributed by atoms with E-state index in [4.69, 9.17) is 16.3 Å². The van der Waals surface area contributed by atoms with E-state index in [1.807, 2.05) is 26.0 Å². The number of aryl methyl sites for hydroxylation is 2. The Bertz CT molecular complexity index is 570. The van der Waals surface area contributed by atoms with E-state index in [1.165, 1.54) is 0 Å². The molecule has 0 fully saturated rings. The van der Waals surface area contributed by atoms with Crippen molar-refractivity contribution in [3.63, 3.8) is 0 Å². The number of hydrogen-bond donors (Lipinski definition) is 1. The summed E-state index contributed by atoms with van der Waals surface area (Å²) in [4.78, 5) is 4.13. The summed E-state index contributed by atoms with van der Waals surface area (Å²) in [6.45, 7) is 3.70. The zero-order chi connectivity index (χ0) is 13.1. The second kappa shape index (κ2) is 5.38. The van der Waals surface area contributed by atoms with Crippen molar-refractivity contribution in [2.24, 2.45) is 0 Å². The quantitative estimate of drug-likeness (QED) is 0.919. The topological polar surface area (TPSA) is 42.4 Å². The Labute approximate surface area is 111 Å². The van der Waals surface area contributed by atoms with Crippen molar-refractivity contribution in [3.8, 4) is 11.5 Å². The molecule has 1 heterocycles. The molecule has 2 aromatic rings. The van der Waals surface area contributed by atoms with E-state index in [9.17, 15) is 5.11 Å². The van der Waals surface area contributed by atoms with Gasteiger partial charge in [0.2, 0.25) is 0 Å². The molecule has 0 aliphatic carbocycles. The highest BCUT2D eigenvalue weighted by Gasteiger charge is 2.07. The number of pyridine rings is 1. The van der Waals surface area contributed by atoms with E-state index >= 15 is 0 Å². The van der Waals surface area contributed by atoms with Gasteiger partial charge in [0.15, 0.2) is 0 Å². The van der Waals surface area contributed by atoms with E-state index < -0.39 is 0 Å². The lowest BCUT2D eigenvalue weighted by Gasteiger charge is -2.12. The van der Waals surface area contributed by atoms with Crippen LogP contribution in [0.1, 0.15) is 16.8 Å². The second-order valence-electron chi connectivity index (χ2n) is 4.10. The smallest absolute Gasteiger partial charge is 0.136 e. The first-order valence-electron chi connectivity index (χ1n) is 5.60. The van der Waals surface area contributed by atoms with Gasteiger partial charge in [0, 0.05) is 28.5 Å². The Kier molecular flexibility index (Phi) is 3.84. The first-order valence-corrected chi connectivity index (χ1v) is 5.98. The van der Waals surface area contributed by atoms with Gasteiger partial charge in [-0.1, -0.05) is 11.6 Å². The van der Waals surface area contributed by atoms with Crippen LogP contribution in [0.25, 0.3) is 0 Å². The Hall–Kier alpha value is -1.58. The number of nitrogens with zero attached hydrogens (tertiary/aromatic N) is 1. The molecule has 18 heavy (non-hydrogen) atoms. The molecule has 0 aliphatic heterocycles. The van der Waals surface area contributed by atoms with Crippen molar-refractivity contribution in [1.29, 1.82) is 0 Å². The van der Waals surface area contributed by atoms with Crippen LogP contribution in [0.5, 0.6) is 11.5 Å². The number of halogens is 1. The maximum absolute atomic E-state index is 9.26. The number of ether oxygens (including phenoxy) is 1. The number of hydrogen-bond acceptors (Lipinski definition) is 3. The minimum absolute atomic E-state index is 0.102. The van der Waals surface area contributed by atoms with E-state index in [0.717, 1.165) is 17.0 Å². The van der Waals surface area contributed by atoms with Gasteiger partial charge in [-0.15, -0.1) is 0 Å². The third-order valence-electron chi connectivity index (χ3n) is 2.61. The summed E-state index contributed by atoms with van der Waals surface area (Å²) >= 11 is 5.90. The molecule has 0 aliphatic rings. The summed E-state index contributed by atoms with van der Waals surface area (Å²) in [5, 5.41) is 9.93. The molecule has 0 bridgehead atoms. The maximum atomic E-state index is 9.26. The summed E-state index contributed by atoms with van der Waals surface area (Å²) in [6.07, 6.45) is 1.62. The van der Waals surface area contributed by atoms with Gasteiger partial charge in [-0.05, 0) is 37.6 Å². The van der Waals surface area contributed by atoms with E-state index in [2.05, 4.69) is 4.98 Å². The van der Waals surface area contributed by atoms with Gasteiger partial charge >= 0.3 is 0 Å². The summed E-state index contributed by atoms with van der Waals surface area (Å²) < 4.78 is 5.81. The lowest BCUT2D eigenvalue weighted by Crippen LogP contribution is -1.95. The highest BCUT2D eigenvalue weighted by molar-refractivity contribution is 6.30. The van der Waals surface area contributed by atoms with Crippen molar-refractivity contribution >= 4 is 11.6 Å². The minimum atomic E-state index is -0.102. The van der Waals surface area contributed by atoms with E-state index in [0.29, 0.717) is 16.3 Å². The Balaban J connectivity index is 2.36. The molecule has 0 radical (unpaired) electrons. The summed E-state index contributed by atoms with van der Waals surface area (Å²) in [5.41, 5.74) is 2.45. The minimum Gasteiger partial charge on any atom is -0.457 e. The first kappa shape index (κ1) is 12.9. The van der Waals surface area contributed by atoms with E-state index in [1.54, 1.807) is 18.3 Å². The van der Waals surface area contributed by atoms with Gasteiger partial charge < -0.3 is 9.84 Å². The van der Waals surface area contributed by atoms with Crippen LogP contribution in [-0.2, 0) is 6.61 Å². The van der Waals surface area contributed by atoms with Gasteiger partial charge in [0.1, 0.15) is 11.5 Å². The lowest BCUT2D eigenvalue weighted by molar-refractivity contribution is 0.276. The van der Waals surface area contributed by atoms with Gasteiger partial charge in [-0.2, -0.15) is 0 Å². The van der Waals surface area contributed by atoms with Crippen LogP contribution in [0, 0.1) is 13.8 Å². The predicted octanol–water partition coefficient (Wildman–Crippen LogP) is 3.64. The van der Waals surface area contributed by atoms with Crippen LogP contribution in [-0.4, -0.2) is 10.1 Å². The number of aliphatic hydroxyl groups is 1. The lowest BCUT2D eigenvalue weighted by atomic mass is 10.2. The van der Waals surface area contributed by atoms with Gasteiger partial charge in [0.25, 0.3) is 0 Å². The zero-order valence-corrected chi connectivity index (χ0v) is 11.0. The van der Waals surface area contributed by atoms with Crippen LogP contribution in [0.3, 0.4) is 0 Å². The van der Waals surface area contributed by atoms with Crippen LogP contribution in [0.2, 0.25) is 5.02 Å². The van der Waals surface area contributed by atoms with Crippen molar-refractivity contribution in [3.05, 3.63) is 52.3 Å². The average Bonchev–Trinajstić information content (AvgIpc) is 2.33. The third kappa shape index (κ3) is 2.81. The fraction of sp³-hybridized carbons (Fsp3) is 0.214. The number of aliphatic hydroxyl groups excluding tert-OH is 1. The average molecular weight is 264 g/mol. The standard InChI is InChI=1S/C14H14ClNO2/c1-9-5-12(15)3-4-13(9)18-14-6-10(2)16-7-11(14)8-17/h3-7,17H,8H2,1-2H3. The van der Waals surface area contributed by atoms with Crippen LogP contribution < -0.4 is 4.74 Å². The van der Waals surface area contributed by atoms with Crippen LogP contribution in [0.4, 0.5) is 0 Å². The molecule has 0 unspecified atom stereocenters. The summed E-state index contributed by atoms with van der Waals surface area (Å²) in [6, 6.07) is 7.23. The Morgan fingerprint density at radius 3 is 2.67 bits per heavy atom. The van der Waals surface area contributed by atoms with Crippen LogP contribution >= 0.6 is 11.6 Å². The second-order valence-corrected chi connectivity index (χ2v) is 4.54. The van der Waals surface area contributed by atoms with Crippen molar-refractivity contribution < 1.29 is 9.84 Å². The van der Waals surface area contributed by atoms with Crippen molar-refractivity contribution in [2.75, 3.05) is 0 Å². The molecule has 1 aromatic heterocycles. The molecule has 0 amide bonds. The van der Waals surface area contributed by atoms with E-state index in [-0.39, 0.29) is 6.61 Å². The Morgan fingerprint density at radius 1 is 1.22 bits per heavy atom. The molecular formula is C14H14ClNO2. The molecule has 0 spiro atoms. The predicted molar refractivity (Wildman–Crippen MR) is 71.2 cm³/mol. The van der Waals surface area contributed by atoms with Crippen molar-refractivity contribution in [1.82, 2.24) is 4.98 Å². The fourth-order valence-corrected chi connectivity index (χ4v) is 1.85. The third-order valence-corrected chi connectivity index (χ3v) is 2.84. The molecule has 1 aromatic carbocycles. The molecule has 2 rings (SSSR count). The molecule has 0 atom stereocenters. The fourth-order valence-electron chi connectivity index (χ4n) is 1.62. The Morgan fingerprint density at radius 2 is 2.00 bits per heavy atom. The first-order chi connectivity index (χ1) is 8.60. The maximum Gasteiger partial charge on any atom is 0.136 e. The van der Waals surface area contributed by atoms with Crippen molar-refractivity contribution in [2.45, 2.75) is 20.5 Å². The number of benzene rings is 1. The summed E-state index contributed by atoms with van der Waals surface area (Å²) in [7, 11) is 0. The monoisotopic (exact) mass is 263 g/mol. The molecule has 3 nitrogen and oxygen atoms in total. The van der Waals surface area contributed by atoms with Crippen LogP contribution in [0.15, 0.2) is 30.5 Å². The number of rotatable bonds is 3. The molecule has 0 saturated carbocycles. The number of aromatic nitrogens is 1. The highest BCUT2D eigenvalue weighted by Crippen LogP contribution is 2.29. The van der Waals surface area contributed by atoms with Gasteiger partial charge in [-0.25, -0.2) is 0 Å². The highest BCUT2D eigenvalue weighted by atomic mass is 35.5. The molecule has 0 saturated heterocycles. The zero-order valence-electron chi connectivity index (χ0n) is 10.3. The molecule has 94 valence electrons. The largest absolute Gasteiger partial charge is 0.457 e. The summed E-state index contributed by atoms with van der Waals surface area (Å²) in [5.74, 6) is 1.34. The van der Waals surface area contributed by atoms with Gasteiger partial charge in [0.05, 0.1) is 6.61 Å².